The van der Waals surface area contributed by atoms with Crippen LogP contribution in [0, 0.1) is 0 Å². The van der Waals surface area contributed by atoms with Gasteiger partial charge in [0.25, 0.3) is 6.71 Å². The molecule has 0 atom stereocenters. The molecule has 13 rings (SSSR count). The van der Waals surface area contributed by atoms with Crippen LogP contribution in [0.5, 0.6) is 0 Å². The Morgan fingerprint density at radius 1 is 0.338 bits per heavy atom. The third kappa shape index (κ3) is 6.10. The van der Waals surface area contributed by atoms with Gasteiger partial charge in [-0.15, -0.1) is 0 Å². The first-order valence-corrected chi connectivity index (χ1v) is 22.7. The summed E-state index contributed by atoms with van der Waals surface area (Å²) >= 11 is 1.86. The molecule has 6 nitrogen and oxygen atoms in total. The fourth-order valence-corrected chi connectivity index (χ4v) is 11.0. The first kappa shape index (κ1) is 37.4. The number of anilines is 9. The Hall–Kier alpha value is -8.20. The maximum Gasteiger partial charge on any atom is 0.252 e. The van der Waals surface area contributed by atoms with E-state index >= 15 is 0 Å². The van der Waals surface area contributed by atoms with E-state index in [9.17, 15) is 0 Å². The topological polar surface area (TPSA) is 48.4 Å². The lowest BCUT2D eigenvalue weighted by Crippen LogP contribution is -2.61. The van der Waals surface area contributed by atoms with Gasteiger partial charge >= 0.3 is 0 Å². The maximum absolute atomic E-state index is 5.06. The van der Waals surface area contributed by atoms with Crippen LogP contribution >= 0.6 is 11.8 Å². The highest BCUT2D eigenvalue weighted by molar-refractivity contribution is 8.00. The molecule has 65 heavy (non-hydrogen) atoms. The van der Waals surface area contributed by atoms with E-state index in [4.69, 9.17) is 15.0 Å². The van der Waals surface area contributed by atoms with E-state index in [1.54, 1.807) is 0 Å². The average Bonchev–Trinajstić information content (AvgIpc) is 3.39. The largest absolute Gasteiger partial charge is 0.311 e. The number of fused-ring (bicyclic) bond motifs is 7. The second-order valence-corrected chi connectivity index (χ2v) is 17.4. The van der Waals surface area contributed by atoms with Crippen molar-refractivity contribution in [1.82, 2.24) is 15.0 Å². The standard InChI is InChI=1S/C57H37BN6S/c1-5-19-38(20-6-1)55-59-56(39-21-7-2-8-22-39)61-57(60-55)40-33-35-43(36-34-40)63-48-31-17-18-32-51(48)65-54-50(63)37-49-52-53(54)64(42-25-11-4-12-26-42)47-30-16-14-28-45(47)58(52)44-27-13-15-29-46(44)62(49)41-23-9-3-10-24-41/h1-37H. The zero-order chi connectivity index (χ0) is 42.8. The number of benzene rings is 9. The van der Waals surface area contributed by atoms with Crippen LogP contribution in [-0.2, 0) is 0 Å². The van der Waals surface area contributed by atoms with Crippen LogP contribution < -0.4 is 31.1 Å². The summed E-state index contributed by atoms with van der Waals surface area (Å²) in [5.41, 5.74) is 17.0. The molecule has 0 bridgehead atoms. The summed E-state index contributed by atoms with van der Waals surface area (Å²) in [4.78, 5) is 24.9. The van der Waals surface area contributed by atoms with Crippen molar-refractivity contribution in [3.8, 4) is 34.2 Å². The summed E-state index contributed by atoms with van der Waals surface area (Å²) in [6.45, 7) is 0.0186. The van der Waals surface area contributed by atoms with Gasteiger partial charge in [0.05, 0.1) is 22.0 Å². The molecule has 0 N–H and O–H groups in total. The highest BCUT2D eigenvalue weighted by Gasteiger charge is 2.46. The molecular formula is C57H37BN6S. The van der Waals surface area contributed by atoms with Gasteiger partial charge in [0.2, 0.25) is 0 Å². The summed E-state index contributed by atoms with van der Waals surface area (Å²) in [6, 6.07) is 79.9. The van der Waals surface area contributed by atoms with Crippen molar-refractivity contribution in [3.63, 3.8) is 0 Å². The first-order chi connectivity index (χ1) is 32.3. The van der Waals surface area contributed by atoms with Gasteiger partial charge < -0.3 is 14.7 Å². The number of hydrogen-bond acceptors (Lipinski definition) is 7. The van der Waals surface area contributed by atoms with Crippen LogP contribution in [-0.4, -0.2) is 21.7 Å². The normalized spacial score (nSPS) is 13.0. The van der Waals surface area contributed by atoms with Gasteiger partial charge in [-0.3, -0.25) is 0 Å². The van der Waals surface area contributed by atoms with E-state index in [1.807, 2.05) is 72.4 Å². The third-order valence-electron chi connectivity index (χ3n) is 12.7. The fraction of sp³-hybridized carbons (Fsp3) is 0. The molecule has 0 unspecified atom stereocenters. The molecule has 0 fully saturated rings. The molecule has 0 amide bonds. The molecular weight excluding hydrogens is 812 g/mol. The number of rotatable bonds is 6. The second kappa shape index (κ2) is 15.3. The molecule has 0 radical (unpaired) electrons. The van der Waals surface area contributed by atoms with Crippen LogP contribution in [0.3, 0.4) is 0 Å². The van der Waals surface area contributed by atoms with Crippen molar-refractivity contribution < 1.29 is 0 Å². The molecule has 0 aliphatic carbocycles. The Bertz CT molecular complexity index is 3360. The van der Waals surface area contributed by atoms with Crippen LogP contribution in [0.4, 0.5) is 51.2 Å². The Kier molecular flexibility index (Phi) is 8.77. The molecule has 1 aromatic heterocycles. The molecule has 0 spiro atoms. The lowest BCUT2D eigenvalue weighted by atomic mass is 9.33. The Balaban J connectivity index is 1.05. The molecule has 8 heteroatoms. The van der Waals surface area contributed by atoms with E-state index in [2.05, 4.69) is 178 Å². The Morgan fingerprint density at radius 3 is 1.32 bits per heavy atom. The van der Waals surface area contributed by atoms with Gasteiger partial charge in [-0.1, -0.05) is 157 Å². The van der Waals surface area contributed by atoms with Gasteiger partial charge in [-0.25, -0.2) is 15.0 Å². The van der Waals surface area contributed by atoms with Crippen molar-refractivity contribution in [1.29, 1.82) is 0 Å². The Labute approximate surface area is 382 Å². The van der Waals surface area contributed by atoms with E-state index in [0.29, 0.717) is 17.5 Å². The summed E-state index contributed by atoms with van der Waals surface area (Å²) in [5.74, 6) is 1.90. The summed E-state index contributed by atoms with van der Waals surface area (Å²) in [5, 5.41) is 0. The van der Waals surface area contributed by atoms with Crippen molar-refractivity contribution in [2.45, 2.75) is 9.79 Å². The fourth-order valence-electron chi connectivity index (χ4n) is 9.84. The molecule has 304 valence electrons. The monoisotopic (exact) mass is 848 g/mol. The van der Waals surface area contributed by atoms with Crippen molar-refractivity contribution in [2.75, 3.05) is 14.7 Å². The van der Waals surface area contributed by atoms with Gasteiger partial charge in [0, 0.05) is 55.7 Å². The van der Waals surface area contributed by atoms with Gasteiger partial charge in [0.1, 0.15) is 0 Å². The number of aromatic nitrogens is 3. The lowest BCUT2D eigenvalue weighted by Gasteiger charge is -2.47. The molecule has 0 saturated carbocycles. The second-order valence-electron chi connectivity index (χ2n) is 16.4. The SMILES string of the molecule is c1ccc(-c2nc(-c3ccccc3)nc(-c3ccc(N4c5ccccc5Sc5c4cc4c6c5N(c5ccccc5)c5ccccc5B6c5ccccc5N4c4ccccc4)cc3)n2)cc1. The number of nitrogens with zero attached hydrogens (tertiary/aromatic N) is 6. The molecule has 9 aromatic carbocycles. The summed E-state index contributed by atoms with van der Waals surface area (Å²) < 4.78 is 0. The molecule has 4 heterocycles. The summed E-state index contributed by atoms with van der Waals surface area (Å²) in [7, 11) is 0. The van der Waals surface area contributed by atoms with E-state index in [0.717, 1.165) is 50.8 Å². The van der Waals surface area contributed by atoms with Crippen molar-refractivity contribution in [3.05, 3.63) is 224 Å². The minimum Gasteiger partial charge on any atom is -0.311 e. The Morgan fingerprint density at radius 2 is 0.754 bits per heavy atom. The van der Waals surface area contributed by atoms with Gasteiger partial charge in [-0.05, 0) is 95.3 Å². The van der Waals surface area contributed by atoms with Crippen molar-refractivity contribution >= 4 is 86.0 Å². The molecule has 3 aliphatic heterocycles. The minimum absolute atomic E-state index is 0.0186. The van der Waals surface area contributed by atoms with E-state index in [1.165, 1.54) is 43.2 Å². The van der Waals surface area contributed by atoms with Crippen LogP contribution in [0.15, 0.2) is 234 Å². The van der Waals surface area contributed by atoms with Gasteiger partial charge in [0.15, 0.2) is 17.5 Å². The predicted molar refractivity (Wildman–Crippen MR) is 269 cm³/mol. The molecule has 0 saturated heterocycles. The minimum atomic E-state index is 0.0186. The van der Waals surface area contributed by atoms with Gasteiger partial charge in [-0.2, -0.15) is 0 Å². The lowest BCUT2D eigenvalue weighted by molar-refractivity contribution is 1.07. The first-order valence-electron chi connectivity index (χ1n) is 21.9. The highest BCUT2D eigenvalue weighted by atomic mass is 32.2. The zero-order valence-electron chi connectivity index (χ0n) is 35.0. The quantitative estimate of drug-likeness (QED) is 0.154. The maximum atomic E-state index is 5.06. The highest BCUT2D eigenvalue weighted by Crippen LogP contribution is 2.58. The van der Waals surface area contributed by atoms with Crippen LogP contribution in [0.2, 0.25) is 0 Å². The van der Waals surface area contributed by atoms with E-state index < -0.39 is 0 Å². The summed E-state index contributed by atoms with van der Waals surface area (Å²) in [6.07, 6.45) is 0. The predicted octanol–water partition coefficient (Wildman–Crippen LogP) is 12.9. The third-order valence-corrected chi connectivity index (χ3v) is 13.8. The number of hydrogen-bond donors (Lipinski definition) is 0. The van der Waals surface area contributed by atoms with Crippen LogP contribution in [0.25, 0.3) is 34.2 Å². The zero-order valence-corrected chi connectivity index (χ0v) is 35.8. The van der Waals surface area contributed by atoms with E-state index in [-0.39, 0.29) is 6.71 Å². The average molecular weight is 849 g/mol. The smallest absolute Gasteiger partial charge is 0.252 e. The molecule has 3 aliphatic rings. The molecule has 10 aromatic rings. The van der Waals surface area contributed by atoms with Crippen molar-refractivity contribution in [2.24, 2.45) is 0 Å². The van der Waals surface area contributed by atoms with Crippen LogP contribution in [0.1, 0.15) is 0 Å². The number of para-hydroxylation sites is 5.